The number of rotatable bonds is 5. The van der Waals surface area contributed by atoms with E-state index in [1.807, 2.05) is 36.4 Å². The summed E-state index contributed by atoms with van der Waals surface area (Å²) in [5.74, 6) is 1.92. The third kappa shape index (κ3) is 5.28. The summed E-state index contributed by atoms with van der Waals surface area (Å²) < 4.78 is 0. The van der Waals surface area contributed by atoms with Crippen LogP contribution in [0.25, 0.3) is 99.5 Å². The molecule has 0 fully saturated rings. The highest BCUT2D eigenvalue weighted by atomic mass is 15.0. The van der Waals surface area contributed by atoms with Crippen LogP contribution < -0.4 is 0 Å². The van der Waals surface area contributed by atoms with Gasteiger partial charge >= 0.3 is 0 Å². The lowest BCUT2D eigenvalue weighted by atomic mass is 9.90. The van der Waals surface area contributed by atoms with Crippen LogP contribution in [0, 0.1) is 0 Å². The first kappa shape index (κ1) is 29.9. The molecule has 1 heterocycles. The highest BCUT2D eigenvalue weighted by Crippen LogP contribution is 2.40. The molecule has 0 N–H and O–H groups in total. The second kappa shape index (κ2) is 12.4. The molecule has 0 atom stereocenters. The zero-order valence-corrected chi connectivity index (χ0v) is 28.2. The normalized spacial score (nSPS) is 11.5. The van der Waals surface area contributed by atoms with Crippen molar-refractivity contribution in [3.63, 3.8) is 0 Å². The number of hydrogen-bond donors (Lipinski definition) is 0. The maximum absolute atomic E-state index is 5.15. The Kier molecular flexibility index (Phi) is 7.14. The number of hydrogen-bond acceptors (Lipinski definition) is 3. The minimum absolute atomic E-state index is 0.632. The lowest BCUT2D eigenvalue weighted by Crippen LogP contribution is -2.00. The van der Waals surface area contributed by atoms with Gasteiger partial charge < -0.3 is 0 Å². The summed E-state index contributed by atoms with van der Waals surface area (Å²) in [6.07, 6.45) is 0. The Hall–Kier alpha value is -6.97. The van der Waals surface area contributed by atoms with Crippen LogP contribution in [0.3, 0.4) is 0 Å². The van der Waals surface area contributed by atoms with E-state index in [-0.39, 0.29) is 0 Å². The molecule has 0 spiro atoms. The van der Waals surface area contributed by atoms with E-state index in [0.717, 1.165) is 33.4 Å². The lowest BCUT2D eigenvalue weighted by molar-refractivity contribution is 1.07. The monoisotopic (exact) mass is 661 g/mol. The minimum atomic E-state index is 0.632. The van der Waals surface area contributed by atoms with Gasteiger partial charge in [0.25, 0.3) is 0 Å². The molecule has 0 saturated heterocycles. The Labute approximate surface area is 301 Å². The molecule has 0 unspecified atom stereocenters. The zero-order chi connectivity index (χ0) is 34.4. The van der Waals surface area contributed by atoms with E-state index in [9.17, 15) is 0 Å². The van der Waals surface area contributed by atoms with Crippen LogP contribution >= 0.6 is 0 Å². The second-order valence-electron chi connectivity index (χ2n) is 13.3. The first-order chi connectivity index (χ1) is 25.7. The van der Waals surface area contributed by atoms with Crippen LogP contribution in [0.1, 0.15) is 0 Å². The van der Waals surface area contributed by atoms with Gasteiger partial charge in [0.05, 0.1) is 0 Å². The molecule has 0 radical (unpaired) electrons. The lowest BCUT2D eigenvalue weighted by Gasteiger charge is -2.15. The Morgan fingerprint density at radius 2 is 0.692 bits per heavy atom. The largest absolute Gasteiger partial charge is 0.208 e. The van der Waals surface area contributed by atoms with E-state index in [2.05, 4.69) is 152 Å². The molecule has 0 aliphatic carbocycles. The topological polar surface area (TPSA) is 38.7 Å². The second-order valence-corrected chi connectivity index (χ2v) is 13.3. The van der Waals surface area contributed by atoms with Gasteiger partial charge in [-0.2, -0.15) is 0 Å². The Bertz CT molecular complexity index is 2890. The Balaban J connectivity index is 1.26. The van der Waals surface area contributed by atoms with Crippen molar-refractivity contribution in [1.82, 2.24) is 15.0 Å². The summed E-state index contributed by atoms with van der Waals surface area (Å²) in [4.78, 5) is 15.3. The molecule has 52 heavy (non-hydrogen) atoms. The van der Waals surface area contributed by atoms with E-state index in [1.165, 1.54) is 48.7 Å². The highest BCUT2D eigenvalue weighted by Gasteiger charge is 2.17. The quantitative estimate of drug-likeness (QED) is 0.172. The van der Waals surface area contributed by atoms with E-state index >= 15 is 0 Å². The molecule has 0 amide bonds. The summed E-state index contributed by atoms with van der Waals surface area (Å²) >= 11 is 0. The summed E-state index contributed by atoms with van der Waals surface area (Å²) in [6, 6.07) is 66.6. The van der Waals surface area contributed by atoms with Gasteiger partial charge in [0, 0.05) is 16.7 Å². The number of aromatic nitrogens is 3. The smallest absolute Gasteiger partial charge is 0.164 e. The van der Waals surface area contributed by atoms with Gasteiger partial charge in [0.15, 0.2) is 17.5 Å². The van der Waals surface area contributed by atoms with Crippen molar-refractivity contribution >= 4 is 43.1 Å². The summed E-state index contributed by atoms with van der Waals surface area (Å²) in [6.45, 7) is 0. The van der Waals surface area contributed by atoms with Crippen molar-refractivity contribution in [3.05, 3.63) is 188 Å². The number of fused-ring (bicyclic) bond motifs is 6. The fourth-order valence-corrected chi connectivity index (χ4v) is 7.49. The van der Waals surface area contributed by atoms with Crippen molar-refractivity contribution in [3.8, 4) is 56.4 Å². The third-order valence-corrected chi connectivity index (χ3v) is 10.0. The molecule has 3 heteroatoms. The van der Waals surface area contributed by atoms with E-state index in [1.54, 1.807) is 0 Å². The maximum Gasteiger partial charge on any atom is 0.164 e. The van der Waals surface area contributed by atoms with Crippen LogP contribution in [0.15, 0.2) is 188 Å². The van der Waals surface area contributed by atoms with Crippen LogP contribution in [-0.2, 0) is 0 Å². The van der Waals surface area contributed by atoms with Gasteiger partial charge in [-0.15, -0.1) is 0 Å². The zero-order valence-electron chi connectivity index (χ0n) is 28.2. The summed E-state index contributed by atoms with van der Waals surface area (Å²) in [5.41, 5.74) is 7.34. The predicted octanol–water partition coefficient (Wildman–Crippen LogP) is 12.8. The van der Waals surface area contributed by atoms with Gasteiger partial charge in [0.2, 0.25) is 0 Å². The minimum Gasteiger partial charge on any atom is -0.208 e. The van der Waals surface area contributed by atoms with Crippen molar-refractivity contribution in [1.29, 1.82) is 0 Å². The van der Waals surface area contributed by atoms with E-state index in [0.29, 0.717) is 17.5 Å². The summed E-state index contributed by atoms with van der Waals surface area (Å²) in [7, 11) is 0. The average Bonchev–Trinajstić information content (AvgIpc) is 3.23. The maximum atomic E-state index is 5.15. The number of benzene rings is 9. The van der Waals surface area contributed by atoms with Crippen LogP contribution in [0.2, 0.25) is 0 Å². The fraction of sp³-hybridized carbons (Fsp3) is 0. The fourth-order valence-electron chi connectivity index (χ4n) is 7.49. The molecular weight excluding hydrogens is 631 g/mol. The van der Waals surface area contributed by atoms with Gasteiger partial charge in [-0.3, -0.25) is 0 Å². The van der Waals surface area contributed by atoms with Crippen molar-refractivity contribution in [2.75, 3.05) is 0 Å². The van der Waals surface area contributed by atoms with Crippen molar-refractivity contribution in [2.24, 2.45) is 0 Å². The summed E-state index contributed by atoms with van der Waals surface area (Å²) in [5, 5.41) is 9.83. The molecule has 242 valence electrons. The molecule has 0 aliphatic rings. The molecule has 10 rings (SSSR count). The molecule has 0 saturated carbocycles. The molecule has 0 aliphatic heterocycles. The molecule has 9 aromatic carbocycles. The van der Waals surface area contributed by atoms with Crippen LogP contribution in [0.4, 0.5) is 0 Å². The molecule has 10 aromatic rings. The van der Waals surface area contributed by atoms with E-state index < -0.39 is 0 Å². The first-order valence-electron chi connectivity index (χ1n) is 17.6. The third-order valence-electron chi connectivity index (χ3n) is 10.0. The Morgan fingerprint density at radius 1 is 0.231 bits per heavy atom. The Morgan fingerprint density at radius 3 is 1.37 bits per heavy atom. The van der Waals surface area contributed by atoms with Gasteiger partial charge in [-0.25, -0.2) is 15.0 Å². The van der Waals surface area contributed by atoms with Crippen LogP contribution in [0.5, 0.6) is 0 Å². The standard InChI is InChI=1S/C49H31N3/c1-3-14-34(15-4-1)47-50-48(35-16-5-2-6-17-35)52-49(51-47)40-28-38(36-26-25-33-24-23-32-13-7-9-19-41(32)45(33)30-36)27-39(29-40)46-31-37-18-8-10-20-42(37)43-21-11-12-22-44(43)46/h1-31H. The molecular formula is C49H31N3. The SMILES string of the molecule is c1ccc(-c2nc(-c3ccccc3)nc(-c3cc(-c4ccc5ccc6ccccc6c5c4)cc(-c4cc5ccccc5c5ccccc45)c3)n2)cc1. The van der Waals surface area contributed by atoms with Gasteiger partial charge in [-0.1, -0.05) is 158 Å². The molecule has 3 nitrogen and oxygen atoms in total. The van der Waals surface area contributed by atoms with E-state index in [4.69, 9.17) is 15.0 Å². The molecule has 0 bridgehead atoms. The van der Waals surface area contributed by atoms with Crippen LogP contribution in [-0.4, -0.2) is 15.0 Å². The first-order valence-corrected chi connectivity index (χ1v) is 17.6. The molecule has 1 aromatic heterocycles. The average molecular weight is 662 g/mol. The van der Waals surface area contributed by atoms with Gasteiger partial charge in [0.1, 0.15) is 0 Å². The van der Waals surface area contributed by atoms with Gasteiger partial charge in [-0.05, 0) is 95.7 Å². The van der Waals surface area contributed by atoms with Crippen molar-refractivity contribution in [2.45, 2.75) is 0 Å². The highest BCUT2D eigenvalue weighted by molar-refractivity contribution is 6.14. The number of nitrogens with zero attached hydrogens (tertiary/aromatic N) is 3. The predicted molar refractivity (Wildman–Crippen MR) is 217 cm³/mol. The van der Waals surface area contributed by atoms with Crippen molar-refractivity contribution < 1.29 is 0 Å².